The van der Waals surface area contributed by atoms with Crippen LogP contribution in [-0.2, 0) is 4.79 Å². The molecule has 2 heterocycles. The van der Waals surface area contributed by atoms with Crippen molar-refractivity contribution in [1.29, 1.82) is 0 Å². The van der Waals surface area contributed by atoms with Crippen molar-refractivity contribution in [3.8, 4) is 0 Å². The summed E-state index contributed by atoms with van der Waals surface area (Å²) in [7, 11) is 2.78. The van der Waals surface area contributed by atoms with Crippen molar-refractivity contribution in [2.24, 2.45) is 10.9 Å². The van der Waals surface area contributed by atoms with Crippen LogP contribution in [0.2, 0.25) is 0 Å². The van der Waals surface area contributed by atoms with E-state index in [0.29, 0.717) is 0 Å². The number of allylic oxidation sites excluding steroid dienone is 1. The lowest BCUT2D eigenvalue weighted by atomic mass is 9.95. The van der Waals surface area contributed by atoms with Gasteiger partial charge in [-0.2, -0.15) is 4.90 Å². The topological polar surface area (TPSA) is 67.0 Å². The summed E-state index contributed by atoms with van der Waals surface area (Å²) in [5.41, 5.74) is -0.338. The van der Waals surface area contributed by atoms with Crippen LogP contribution in [0.3, 0.4) is 0 Å². The lowest BCUT2D eigenvalue weighted by molar-refractivity contribution is -0.382. The van der Waals surface area contributed by atoms with Gasteiger partial charge in [-0.3, -0.25) is 4.79 Å². The Kier molecular flexibility index (Phi) is 3.70. The standard InChI is InChI=1S/C15H11F3N4O2/c1-21-13-10(14(23)22(2)15(21)24)8(5-6-19-13)20-9-4-3-7(16)11(17)12(9)18/h3-6,10H,1-2H3/p+1. The molecule has 1 N–H and O–H groups in total. The predicted octanol–water partition coefficient (Wildman–Crippen LogP) is 0.323. The molecule has 2 aliphatic rings. The lowest BCUT2D eigenvalue weighted by Gasteiger charge is -2.31. The summed E-state index contributed by atoms with van der Waals surface area (Å²) in [4.78, 5) is 33.2. The fourth-order valence-electron chi connectivity index (χ4n) is 2.52. The van der Waals surface area contributed by atoms with Crippen LogP contribution < -0.4 is 4.99 Å². The number of amides is 3. The van der Waals surface area contributed by atoms with Crippen LogP contribution in [-0.4, -0.2) is 47.4 Å². The van der Waals surface area contributed by atoms with Gasteiger partial charge in [-0.25, -0.2) is 32.9 Å². The van der Waals surface area contributed by atoms with Gasteiger partial charge in [0, 0.05) is 13.1 Å². The normalized spacial score (nSPS) is 22.1. The number of aliphatic imine (C=N–C) groups is 1. The van der Waals surface area contributed by atoms with Gasteiger partial charge in [-0.15, -0.1) is 0 Å². The zero-order valence-electron chi connectivity index (χ0n) is 12.7. The second-order valence-electron chi connectivity index (χ2n) is 5.27. The van der Waals surface area contributed by atoms with E-state index in [1.807, 2.05) is 0 Å². The van der Waals surface area contributed by atoms with Crippen LogP contribution in [0.1, 0.15) is 0 Å². The van der Waals surface area contributed by atoms with E-state index in [0.717, 1.165) is 17.0 Å². The minimum atomic E-state index is -1.64. The molecule has 9 heteroatoms. The van der Waals surface area contributed by atoms with Crippen molar-refractivity contribution < 1.29 is 27.8 Å². The zero-order chi connectivity index (χ0) is 17.6. The number of hydrogen-bond acceptors (Lipinski definition) is 3. The highest BCUT2D eigenvalue weighted by Crippen LogP contribution is 2.25. The second kappa shape index (κ2) is 5.59. The maximum absolute atomic E-state index is 13.8. The molecule has 6 nitrogen and oxygen atoms in total. The first kappa shape index (κ1) is 15.9. The summed E-state index contributed by atoms with van der Waals surface area (Å²) in [6, 6.07) is 1.19. The summed E-state index contributed by atoms with van der Waals surface area (Å²) in [6.07, 6.45) is 2.83. The molecule has 0 aliphatic carbocycles. The highest BCUT2D eigenvalue weighted by molar-refractivity contribution is 6.30. The van der Waals surface area contributed by atoms with E-state index in [-0.39, 0.29) is 11.5 Å². The summed E-state index contributed by atoms with van der Waals surface area (Å²) < 4.78 is 40.2. The summed E-state index contributed by atoms with van der Waals surface area (Å²) >= 11 is 0. The fourth-order valence-corrected chi connectivity index (χ4v) is 2.52. The van der Waals surface area contributed by atoms with Crippen molar-refractivity contribution in [3.63, 3.8) is 0 Å². The molecule has 0 aromatic heterocycles. The smallest absolute Gasteiger partial charge is 0.273 e. The molecule has 24 heavy (non-hydrogen) atoms. The maximum atomic E-state index is 13.8. The number of urea groups is 1. The Balaban J connectivity index is 2.09. The molecule has 1 atom stereocenters. The van der Waals surface area contributed by atoms with E-state index >= 15 is 0 Å². The Bertz CT molecular complexity index is 847. The number of benzene rings is 1. The van der Waals surface area contributed by atoms with E-state index < -0.39 is 41.0 Å². The quantitative estimate of drug-likeness (QED) is 0.750. The molecule has 3 amide bonds. The van der Waals surface area contributed by atoms with Crippen LogP contribution in [0.15, 0.2) is 29.4 Å². The Morgan fingerprint density at radius 1 is 1.08 bits per heavy atom. The van der Waals surface area contributed by atoms with E-state index in [9.17, 15) is 22.8 Å². The van der Waals surface area contributed by atoms with Gasteiger partial charge >= 0.3 is 6.03 Å². The molecule has 1 aromatic carbocycles. The molecular formula is C15H12F3N4O2+. The van der Waals surface area contributed by atoms with Crippen LogP contribution in [0.25, 0.3) is 0 Å². The Labute approximate surface area is 134 Å². The highest BCUT2D eigenvalue weighted by atomic mass is 19.2. The third-order valence-corrected chi connectivity index (χ3v) is 3.83. The Morgan fingerprint density at radius 2 is 1.79 bits per heavy atom. The molecule has 1 saturated heterocycles. The van der Waals surface area contributed by atoms with E-state index in [1.54, 1.807) is 0 Å². The van der Waals surface area contributed by atoms with Crippen molar-refractivity contribution in [2.45, 2.75) is 0 Å². The van der Waals surface area contributed by atoms with Gasteiger partial charge in [0.05, 0.1) is 19.0 Å². The first-order chi connectivity index (χ1) is 11.3. The average Bonchev–Trinajstić information content (AvgIpc) is 2.58. The van der Waals surface area contributed by atoms with Crippen LogP contribution >= 0.6 is 0 Å². The Morgan fingerprint density at radius 3 is 2.50 bits per heavy atom. The second-order valence-corrected chi connectivity index (χ2v) is 5.27. The van der Waals surface area contributed by atoms with Crippen molar-refractivity contribution in [1.82, 2.24) is 9.80 Å². The van der Waals surface area contributed by atoms with Crippen molar-refractivity contribution in [2.75, 3.05) is 14.1 Å². The number of nitrogens with zero attached hydrogens (tertiary/aromatic N) is 3. The predicted molar refractivity (Wildman–Crippen MR) is 77.9 cm³/mol. The number of imide groups is 1. The SMILES string of the molecule is CN1C(=O)C2C(=Nc3ccc(F)c(F)c3F)C=C[NH+]=C2N(C)C1=O. The van der Waals surface area contributed by atoms with Gasteiger partial charge in [0.15, 0.2) is 23.4 Å². The van der Waals surface area contributed by atoms with Gasteiger partial charge in [0.1, 0.15) is 5.69 Å². The number of fused-ring (bicyclic) bond motifs is 1. The van der Waals surface area contributed by atoms with Gasteiger partial charge in [-0.1, -0.05) is 0 Å². The third kappa shape index (κ3) is 2.29. The van der Waals surface area contributed by atoms with Crippen molar-refractivity contribution >= 4 is 29.2 Å². The lowest BCUT2D eigenvalue weighted by Crippen LogP contribution is -2.79. The van der Waals surface area contributed by atoms with Gasteiger partial charge in [-0.05, 0) is 12.1 Å². The molecule has 1 fully saturated rings. The Hall–Kier alpha value is -2.97. The first-order valence-electron chi connectivity index (χ1n) is 6.90. The molecule has 0 spiro atoms. The molecular weight excluding hydrogens is 325 g/mol. The molecule has 124 valence electrons. The molecule has 2 aliphatic heterocycles. The maximum Gasteiger partial charge on any atom is 0.417 e. The number of nitrogens with one attached hydrogen (secondary N) is 1. The van der Waals surface area contributed by atoms with Crippen molar-refractivity contribution in [3.05, 3.63) is 41.9 Å². The monoisotopic (exact) mass is 337 g/mol. The summed E-state index contributed by atoms with van der Waals surface area (Å²) in [5, 5.41) is 0. The van der Waals surface area contributed by atoms with E-state index in [1.165, 1.54) is 31.3 Å². The first-order valence-corrected chi connectivity index (χ1v) is 6.90. The molecule has 0 saturated carbocycles. The number of carbonyl (C=O) groups excluding carboxylic acids is 2. The van der Waals surface area contributed by atoms with Crippen LogP contribution in [0.5, 0.6) is 0 Å². The highest BCUT2D eigenvalue weighted by Gasteiger charge is 2.49. The minimum absolute atomic E-state index is 0.102. The zero-order valence-corrected chi connectivity index (χ0v) is 12.7. The van der Waals surface area contributed by atoms with E-state index in [4.69, 9.17) is 0 Å². The molecule has 3 rings (SSSR count). The summed E-state index contributed by atoms with van der Waals surface area (Å²) in [5.74, 6) is -5.70. The van der Waals surface area contributed by atoms with E-state index in [2.05, 4.69) is 9.98 Å². The number of carbonyl (C=O) groups is 2. The van der Waals surface area contributed by atoms with Gasteiger partial charge < -0.3 is 0 Å². The third-order valence-electron chi connectivity index (χ3n) is 3.83. The number of hydrogen-bond donors (Lipinski definition) is 1. The largest absolute Gasteiger partial charge is 0.417 e. The molecule has 0 radical (unpaired) electrons. The molecule has 1 unspecified atom stereocenters. The number of amidine groups is 1. The minimum Gasteiger partial charge on any atom is -0.273 e. The molecule has 0 bridgehead atoms. The number of halogens is 3. The molecule has 1 aromatic rings. The number of rotatable bonds is 1. The van der Waals surface area contributed by atoms with Crippen LogP contribution in [0, 0.1) is 23.4 Å². The fraction of sp³-hybridized carbons (Fsp3) is 0.200. The van der Waals surface area contributed by atoms with Gasteiger partial charge in [0.25, 0.3) is 11.7 Å². The average molecular weight is 337 g/mol. The summed E-state index contributed by atoms with van der Waals surface area (Å²) in [6.45, 7) is 0. The van der Waals surface area contributed by atoms with Gasteiger partial charge in [0.2, 0.25) is 0 Å². The van der Waals surface area contributed by atoms with Crippen LogP contribution in [0.4, 0.5) is 23.7 Å².